The number of nitrogen functional groups attached to an aromatic ring is 1. The van der Waals surface area contributed by atoms with Crippen LogP contribution in [0.1, 0.15) is 24.0 Å². The molecule has 3 rings (SSSR count). The fourth-order valence-corrected chi connectivity index (χ4v) is 2.95. The van der Waals surface area contributed by atoms with E-state index in [1.165, 1.54) is 0 Å². The summed E-state index contributed by atoms with van der Waals surface area (Å²) < 4.78 is 5.68. The number of carbonyl (C=O) groups excluding carboxylic acids is 1. The number of aliphatic hydroxyl groups excluding tert-OH is 1. The van der Waals surface area contributed by atoms with Crippen LogP contribution in [0.3, 0.4) is 0 Å². The molecule has 0 bridgehead atoms. The number of rotatable bonds is 4. The highest BCUT2D eigenvalue weighted by atomic mass is 16.6. The quantitative estimate of drug-likeness (QED) is 0.670. The molecule has 0 radical (unpaired) electrons. The van der Waals surface area contributed by atoms with Crippen LogP contribution in [0.5, 0.6) is 0 Å². The van der Waals surface area contributed by atoms with Crippen LogP contribution in [-0.2, 0) is 21.6 Å². The van der Waals surface area contributed by atoms with E-state index in [9.17, 15) is 9.90 Å². The number of esters is 1. The van der Waals surface area contributed by atoms with Gasteiger partial charge in [0.2, 0.25) is 0 Å². The van der Waals surface area contributed by atoms with E-state index in [1.807, 2.05) is 54.6 Å². The van der Waals surface area contributed by atoms with Crippen LogP contribution in [0, 0.1) is 0 Å². The fourth-order valence-electron chi connectivity index (χ4n) is 2.95. The number of cyclic esters (lactones) is 1. The third kappa shape index (κ3) is 3.37. The SMILES string of the molecule is Nc1ccc(CCC2(c3ccccc3)CC(O)=CC(=O)O2)cc1. The summed E-state index contributed by atoms with van der Waals surface area (Å²) in [6.45, 7) is 0. The van der Waals surface area contributed by atoms with Crippen molar-refractivity contribution in [2.24, 2.45) is 0 Å². The molecule has 1 aliphatic rings. The zero-order valence-corrected chi connectivity index (χ0v) is 12.7. The van der Waals surface area contributed by atoms with E-state index < -0.39 is 11.6 Å². The number of carbonyl (C=O) groups is 1. The molecule has 1 aliphatic heterocycles. The first-order chi connectivity index (χ1) is 11.1. The molecular weight excluding hydrogens is 290 g/mol. The lowest BCUT2D eigenvalue weighted by molar-refractivity contribution is -0.159. The highest BCUT2D eigenvalue weighted by Crippen LogP contribution is 2.39. The standard InChI is InChI=1S/C19H19NO3/c20-16-8-6-14(7-9-16)10-11-19(15-4-2-1-3-5-15)13-17(21)12-18(22)23-19/h1-9,12,21H,10-11,13,20H2. The number of hydrogen-bond donors (Lipinski definition) is 2. The van der Waals surface area contributed by atoms with Gasteiger partial charge in [-0.1, -0.05) is 42.5 Å². The van der Waals surface area contributed by atoms with Crippen molar-refractivity contribution in [3.05, 3.63) is 77.6 Å². The van der Waals surface area contributed by atoms with Gasteiger partial charge < -0.3 is 15.6 Å². The van der Waals surface area contributed by atoms with Crippen LogP contribution in [0.25, 0.3) is 0 Å². The van der Waals surface area contributed by atoms with Gasteiger partial charge in [0.05, 0.1) is 6.08 Å². The maximum atomic E-state index is 11.8. The van der Waals surface area contributed by atoms with Crippen LogP contribution in [0.15, 0.2) is 66.4 Å². The maximum Gasteiger partial charge on any atom is 0.335 e. The molecule has 1 atom stereocenters. The molecular formula is C19H19NO3. The number of nitrogens with two attached hydrogens (primary N) is 1. The van der Waals surface area contributed by atoms with Crippen molar-refractivity contribution in [2.45, 2.75) is 24.9 Å². The van der Waals surface area contributed by atoms with E-state index in [4.69, 9.17) is 10.5 Å². The van der Waals surface area contributed by atoms with Crippen LogP contribution < -0.4 is 5.73 Å². The zero-order valence-electron chi connectivity index (χ0n) is 12.7. The predicted molar refractivity (Wildman–Crippen MR) is 88.7 cm³/mol. The van der Waals surface area contributed by atoms with Gasteiger partial charge >= 0.3 is 5.97 Å². The molecule has 0 amide bonds. The third-order valence-electron chi connectivity index (χ3n) is 4.14. The molecule has 0 saturated carbocycles. The predicted octanol–water partition coefficient (Wildman–Crippen LogP) is 3.49. The summed E-state index contributed by atoms with van der Waals surface area (Å²) >= 11 is 0. The van der Waals surface area contributed by atoms with Gasteiger partial charge in [-0.3, -0.25) is 0 Å². The van der Waals surface area contributed by atoms with Gasteiger partial charge in [0.1, 0.15) is 11.4 Å². The molecule has 2 aromatic carbocycles. The fraction of sp³-hybridized carbons (Fsp3) is 0.211. The Bertz CT molecular complexity index is 722. The minimum atomic E-state index is -0.835. The first kappa shape index (κ1) is 15.2. The highest BCUT2D eigenvalue weighted by molar-refractivity contribution is 5.84. The van der Waals surface area contributed by atoms with Crippen LogP contribution in [-0.4, -0.2) is 11.1 Å². The number of hydrogen-bond acceptors (Lipinski definition) is 4. The number of benzene rings is 2. The normalized spacial score (nSPS) is 20.7. The molecule has 118 valence electrons. The molecule has 4 heteroatoms. The molecule has 1 heterocycles. The third-order valence-corrected chi connectivity index (χ3v) is 4.14. The first-order valence-corrected chi connectivity index (χ1v) is 7.60. The van der Waals surface area contributed by atoms with Gasteiger partial charge in [0.15, 0.2) is 0 Å². The molecule has 1 unspecified atom stereocenters. The summed E-state index contributed by atoms with van der Waals surface area (Å²) in [4.78, 5) is 11.8. The van der Waals surface area contributed by atoms with E-state index in [1.54, 1.807) is 0 Å². The Morgan fingerprint density at radius 3 is 2.43 bits per heavy atom. The Kier molecular flexibility index (Phi) is 4.06. The second kappa shape index (κ2) is 6.16. The summed E-state index contributed by atoms with van der Waals surface area (Å²) in [6, 6.07) is 17.2. The van der Waals surface area contributed by atoms with Crippen LogP contribution in [0.2, 0.25) is 0 Å². The number of aryl methyl sites for hydroxylation is 1. The summed E-state index contributed by atoms with van der Waals surface area (Å²) in [5.74, 6) is -0.447. The molecule has 3 N–H and O–H groups in total. The van der Waals surface area contributed by atoms with Crippen molar-refractivity contribution >= 4 is 11.7 Å². The second-order valence-corrected chi connectivity index (χ2v) is 5.84. The Balaban J connectivity index is 1.88. The molecule has 0 aromatic heterocycles. The summed E-state index contributed by atoms with van der Waals surface area (Å²) in [5.41, 5.74) is 7.60. The lowest BCUT2D eigenvalue weighted by atomic mass is 9.83. The zero-order chi connectivity index (χ0) is 16.3. The molecule has 0 saturated heterocycles. The van der Waals surface area contributed by atoms with Crippen molar-refractivity contribution in [1.82, 2.24) is 0 Å². The van der Waals surface area contributed by atoms with Gasteiger partial charge in [0, 0.05) is 12.1 Å². The smallest absolute Gasteiger partial charge is 0.335 e. The first-order valence-electron chi connectivity index (χ1n) is 7.60. The summed E-state index contributed by atoms with van der Waals surface area (Å²) in [6.07, 6.45) is 2.74. The molecule has 23 heavy (non-hydrogen) atoms. The van der Waals surface area contributed by atoms with Gasteiger partial charge in [-0.2, -0.15) is 0 Å². The Labute approximate surface area is 135 Å². The topological polar surface area (TPSA) is 72.5 Å². The second-order valence-electron chi connectivity index (χ2n) is 5.84. The minimum Gasteiger partial charge on any atom is -0.512 e. The van der Waals surface area contributed by atoms with Gasteiger partial charge in [0.25, 0.3) is 0 Å². The van der Waals surface area contributed by atoms with Crippen molar-refractivity contribution < 1.29 is 14.6 Å². The van der Waals surface area contributed by atoms with Gasteiger partial charge in [-0.25, -0.2) is 4.79 Å². The van der Waals surface area contributed by atoms with E-state index in [-0.39, 0.29) is 12.2 Å². The molecule has 0 fully saturated rings. The van der Waals surface area contributed by atoms with Crippen molar-refractivity contribution in [3.8, 4) is 0 Å². The molecule has 4 nitrogen and oxygen atoms in total. The number of aliphatic hydroxyl groups is 1. The number of ether oxygens (including phenoxy) is 1. The summed E-state index contributed by atoms with van der Waals surface area (Å²) in [7, 11) is 0. The number of anilines is 1. The lowest BCUT2D eigenvalue weighted by Gasteiger charge is -2.36. The van der Waals surface area contributed by atoms with Gasteiger partial charge in [-0.15, -0.1) is 0 Å². The Morgan fingerprint density at radius 2 is 1.78 bits per heavy atom. The monoisotopic (exact) mass is 309 g/mol. The van der Waals surface area contributed by atoms with Gasteiger partial charge in [-0.05, 0) is 36.1 Å². The Morgan fingerprint density at radius 1 is 1.09 bits per heavy atom. The summed E-state index contributed by atoms with van der Waals surface area (Å²) in [5, 5.41) is 9.95. The maximum absolute atomic E-state index is 11.8. The highest BCUT2D eigenvalue weighted by Gasteiger charge is 2.39. The van der Waals surface area contributed by atoms with E-state index in [0.717, 1.165) is 29.3 Å². The van der Waals surface area contributed by atoms with Crippen molar-refractivity contribution in [1.29, 1.82) is 0 Å². The largest absolute Gasteiger partial charge is 0.512 e. The van der Waals surface area contributed by atoms with Crippen molar-refractivity contribution in [3.63, 3.8) is 0 Å². The van der Waals surface area contributed by atoms with E-state index in [0.29, 0.717) is 6.42 Å². The average Bonchev–Trinajstić information content (AvgIpc) is 2.54. The molecule has 0 spiro atoms. The average molecular weight is 309 g/mol. The Hall–Kier alpha value is -2.75. The molecule has 0 aliphatic carbocycles. The van der Waals surface area contributed by atoms with Crippen molar-refractivity contribution in [2.75, 3.05) is 5.73 Å². The molecule has 2 aromatic rings. The van der Waals surface area contributed by atoms with Crippen LogP contribution in [0.4, 0.5) is 5.69 Å². The van der Waals surface area contributed by atoms with E-state index in [2.05, 4.69) is 0 Å². The minimum absolute atomic E-state index is 0.0578. The van der Waals surface area contributed by atoms with Crippen LogP contribution >= 0.6 is 0 Å². The lowest BCUT2D eigenvalue weighted by Crippen LogP contribution is -2.36. The van der Waals surface area contributed by atoms with E-state index >= 15 is 0 Å².